The fraction of sp³-hybridized carbons (Fsp3) is 0.227. The van der Waals surface area contributed by atoms with Gasteiger partial charge in [0.1, 0.15) is 19.7 Å². The zero-order chi connectivity index (χ0) is 18.2. The Hall–Kier alpha value is -2.85. The molecule has 0 saturated heterocycles. The third-order valence-corrected chi connectivity index (χ3v) is 4.20. The highest BCUT2D eigenvalue weighted by Gasteiger charge is 2.08. The van der Waals surface area contributed by atoms with Crippen molar-refractivity contribution in [2.45, 2.75) is 26.6 Å². The number of hydrogen-bond donors (Lipinski definition) is 1. The number of quaternary nitrogens is 1. The van der Waals surface area contributed by atoms with E-state index in [1.54, 1.807) is 7.11 Å². The van der Waals surface area contributed by atoms with Crippen molar-refractivity contribution in [3.63, 3.8) is 0 Å². The zero-order valence-corrected chi connectivity index (χ0v) is 15.3. The van der Waals surface area contributed by atoms with Gasteiger partial charge in [-0.1, -0.05) is 35.9 Å². The van der Waals surface area contributed by atoms with Crippen LogP contribution in [0.15, 0.2) is 66.9 Å². The summed E-state index contributed by atoms with van der Waals surface area (Å²) in [6.45, 7) is 4.33. The molecule has 0 amide bonds. The molecule has 0 aliphatic rings. The fourth-order valence-corrected chi connectivity index (χ4v) is 2.71. The van der Waals surface area contributed by atoms with E-state index in [4.69, 9.17) is 9.47 Å². The van der Waals surface area contributed by atoms with Crippen LogP contribution in [0.5, 0.6) is 11.5 Å². The summed E-state index contributed by atoms with van der Waals surface area (Å²) in [5.41, 5.74) is 4.67. The Morgan fingerprint density at radius 2 is 1.69 bits per heavy atom. The maximum Gasteiger partial charge on any atom is 0.161 e. The van der Waals surface area contributed by atoms with Crippen molar-refractivity contribution < 1.29 is 14.8 Å². The Morgan fingerprint density at radius 3 is 2.42 bits per heavy atom. The van der Waals surface area contributed by atoms with E-state index in [2.05, 4.69) is 47.6 Å². The third-order valence-electron chi connectivity index (χ3n) is 4.20. The van der Waals surface area contributed by atoms with Crippen LogP contribution in [0.1, 0.15) is 22.4 Å². The van der Waals surface area contributed by atoms with Gasteiger partial charge in [0.25, 0.3) is 0 Å². The van der Waals surface area contributed by atoms with E-state index in [0.717, 1.165) is 35.8 Å². The standard InChI is InChI=1S/C22H24N2O2/c1-17-6-8-18(9-7-17)16-26-21-11-10-19(13-22(21)25-2)14-23-15-20-5-3-4-12-24-20/h3-13,23H,14-16H2,1-2H3/p+1. The molecule has 0 radical (unpaired) electrons. The van der Waals surface area contributed by atoms with Crippen LogP contribution < -0.4 is 14.8 Å². The second-order valence-electron chi connectivity index (χ2n) is 6.28. The normalized spacial score (nSPS) is 10.5. The lowest BCUT2D eigenvalue weighted by molar-refractivity contribution is -0.686. The minimum atomic E-state index is 0.530. The summed E-state index contributed by atoms with van der Waals surface area (Å²) in [5, 5.41) is 2.23. The molecule has 0 unspecified atom stereocenters. The number of benzene rings is 2. The number of hydrogen-bond acceptors (Lipinski definition) is 3. The molecule has 134 valence electrons. The Kier molecular flexibility index (Phi) is 6.23. The number of aryl methyl sites for hydroxylation is 1. The molecular weight excluding hydrogens is 324 g/mol. The Balaban J connectivity index is 1.57. The van der Waals surface area contributed by atoms with Gasteiger partial charge >= 0.3 is 0 Å². The van der Waals surface area contributed by atoms with Gasteiger partial charge < -0.3 is 14.8 Å². The summed E-state index contributed by atoms with van der Waals surface area (Å²) in [6.07, 6.45) is 1.83. The average Bonchev–Trinajstić information content (AvgIpc) is 2.69. The van der Waals surface area contributed by atoms with E-state index in [1.165, 1.54) is 11.1 Å². The molecule has 1 heterocycles. The monoisotopic (exact) mass is 349 g/mol. The summed E-state index contributed by atoms with van der Waals surface area (Å²) >= 11 is 0. The molecule has 0 aliphatic carbocycles. The fourth-order valence-electron chi connectivity index (χ4n) is 2.71. The highest BCUT2D eigenvalue weighted by atomic mass is 16.5. The molecule has 3 aromatic rings. The Labute approximate surface area is 154 Å². The minimum absolute atomic E-state index is 0.530. The summed E-state index contributed by atoms with van der Waals surface area (Å²) in [7, 11) is 1.68. The molecule has 2 aromatic carbocycles. The Morgan fingerprint density at radius 1 is 0.885 bits per heavy atom. The summed E-state index contributed by atoms with van der Waals surface area (Å²) in [5.74, 6) is 1.53. The molecule has 4 nitrogen and oxygen atoms in total. The first kappa shape index (κ1) is 18.0. The number of rotatable bonds is 8. The summed E-state index contributed by atoms with van der Waals surface area (Å²) in [4.78, 5) is 4.34. The lowest BCUT2D eigenvalue weighted by atomic mass is 10.1. The van der Waals surface area contributed by atoms with Crippen molar-refractivity contribution >= 4 is 0 Å². The molecule has 0 atom stereocenters. The topological polar surface area (TPSA) is 48.0 Å². The number of aromatic nitrogens is 1. The average molecular weight is 349 g/mol. The summed E-state index contributed by atoms with van der Waals surface area (Å²) < 4.78 is 11.4. The van der Waals surface area contributed by atoms with Gasteiger partial charge in [0.2, 0.25) is 0 Å². The number of ether oxygens (including phenoxy) is 2. The van der Waals surface area contributed by atoms with Crippen molar-refractivity contribution in [1.82, 2.24) is 4.98 Å². The van der Waals surface area contributed by atoms with Gasteiger partial charge in [-0.2, -0.15) is 0 Å². The van der Waals surface area contributed by atoms with Gasteiger partial charge in [-0.05, 0) is 42.8 Å². The van der Waals surface area contributed by atoms with Crippen LogP contribution in [-0.2, 0) is 19.7 Å². The quantitative estimate of drug-likeness (QED) is 0.679. The SMILES string of the molecule is COc1cc(C[NH2+]Cc2ccccn2)ccc1OCc1ccc(C)cc1. The van der Waals surface area contributed by atoms with E-state index in [1.807, 2.05) is 36.5 Å². The van der Waals surface area contributed by atoms with Gasteiger partial charge in [-0.25, -0.2) is 0 Å². The van der Waals surface area contributed by atoms with Crippen molar-refractivity contribution in [3.05, 3.63) is 89.2 Å². The molecule has 0 spiro atoms. The van der Waals surface area contributed by atoms with Gasteiger partial charge in [0.05, 0.1) is 12.8 Å². The molecule has 0 saturated carbocycles. The van der Waals surface area contributed by atoms with Gasteiger partial charge in [-0.3, -0.25) is 4.98 Å². The van der Waals surface area contributed by atoms with Crippen LogP contribution in [0.25, 0.3) is 0 Å². The first-order valence-electron chi connectivity index (χ1n) is 8.81. The molecule has 4 heteroatoms. The smallest absolute Gasteiger partial charge is 0.161 e. The molecule has 3 rings (SSSR count). The van der Waals surface area contributed by atoms with Crippen LogP contribution >= 0.6 is 0 Å². The molecular formula is C22H25N2O2+. The molecule has 0 bridgehead atoms. The minimum Gasteiger partial charge on any atom is -0.493 e. The maximum absolute atomic E-state index is 5.94. The van der Waals surface area contributed by atoms with Crippen LogP contribution in [0.3, 0.4) is 0 Å². The van der Waals surface area contributed by atoms with Crippen molar-refractivity contribution in [2.75, 3.05) is 7.11 Å². The predicted molar refractivity (Wildman–Crippen MR) is 102 cm³/mol. The van der Waals surface area contributed by atoms with Crippen LogP contribution in [0.4, 0.5) is 0 Å². The first-order valence-corrected chi connectivity index (χ1v) is 8.81. The van der Waals surface area contributed by atoms with Crippen molar-refractivity contribution in [3.8, 4) is 11.5 Å². The number of methoxy groups -OCH3 is 1. The lowest BCUT2D eigenvalue weighted by Gasteiger charge is -2.12. The first-order chi connectivity index (χ1) is 12.7. The van der Waals surface area contributed by atoms with E-state index in [-0.39, 0.29) is 0 Å². The van der Waals surface area contributed by atoms with Gasteiger partial charge in [0, 0.05) is 11.8 Å². The van der Waals surface area contributed by atoms with Crippen molar-refractivity contribution in [2.24, 2.45) is 0 Å². The zero-order valence-electron chi connectivity index (χ0n) is 15.3. The van der Waals surface area contributed by atoms with E-state index in [0.29, 0.717) is 6.61 Å². The van der Waals surface area contributed by atoms with E-state index in [9.17, 15) is 0 Å². The van der Waals surface area contributed by atoms with Gasteiger partial charge in [0.15, 0.2) is 11.5 Å². The molecule has 0 fully saturated rings. The van der Waals surface area contributed by atoms with Crippen LogP contribution in [-0.4, -0.2) is 12.1 Å². The lowest BCUT2D eigenvalue weighted by Crippen LogP contribution is -2.80. The predicted octanol–water partition coefficient (Wildman–Crippen LogP) is 3.24. The number of nitrogens with two attached hydrogens (primary N) is 1. The highest BCUT2D eigenvalue weighted by Crippen LogP contribution is 2.28. The molecule has 26 heavy (non-hydrogen) atoms. The van der Waals surface area contributed by atoms with Gasteiger partial charge in [-0.15, -0.1) is 0 Å². The summed E-state index contributed by atoms with van der Waals surface area (Å²) in [6, 6.07) is 20.5. The Bertz CT molecular complexity index is 817. The number of nitrogens with zero attached hydrogens (tertiary/aromatic N) is 1. The molecule has 0 aliphatic heterocycles. The third kappa shape index (κ3) is 5.07. The molecule has 1 aromatic heterocycles. The second-order valence-corrected chi connectivity index (χ2v) is 6.28. The second kappa shape index (κ2) is 9.02. The van der Waals surface area contributed by atoms with Crippen molar-refractivity contribution in [1.29, 1.82) is 0 Å². The van der Waals surface area contributed by atoms with E-state index >= 15 is 0 Å². The maximum atomic E-state index is 5.94. The van der Waals surface area contributed by atoms with Crippen LogP contribution in [0, 0.1) is 6.92 Å². The van der Waals surface area contributed by atoms with Crippen LogP contribution in [0.2, 0.25) is 0 Å². The number of pyridine rings is 1. The molecule has 2 N–H and O–H groups in total. The van der Waals surface area contributed by atoms with E-state index < -0.39 is 0 Å². The largest absolute Gasteiger partial charge is 0.493 e. The highest BCUT2D eigenvalue weighted by molar-refractivity contribution is 5.43.